The van der Waals surface area contributed by atoms with Gasteiger partial charge in [-0.25, -0.2) is 0 Å². The Balaban J connectivity index is 2.19. The number of hydrogen-bond donors (Lipinski definition) is 2. The molecule has 1 aliphatic heterocycles. The van der Waals surface area contributed by atoms with Crippen molar-refractivity contribution in [1.82, 2.24) is 10.2 Å². The van der Waals surface area contributed by atoms with Gasteiger partial charge in [0, 0.05) is 19.8 Å². The largest absolute Gasteiger partial charge is 0.369 e. The summed E-state index contributed by atoms with van der Waals surface area (Å²) in [4.78, 5) is 12.3. The molecular weight excluding hydrogens is 118 g/mol. The van der Waals surface area contributed by atoms with E-state index in [0.717, 1.165) is 19.8 Å². The van der Waals surface area contributed by atoms with Gasteiger partial charge in [0.05, 0.1) is 6.54 Å². The van der Waals surface area contributed by atoms with Crippen molar-refractivity contribution >= 4 is 5.91 Å². The molecule has 1 fully saturated rings. The van der Waals surface area contributed by atoms with E-state index in [9.17, 15) is 4.79 Å². The third-order valence-electron chi connectivity index (χ3n) is 1.32. The molecule has 3 N–H and O–H groups in total. The number of nitrogens with one attached hydrogen (secondary N) is 1. The fourth-order valence-corrected chi connectivity index (χ4v) is 0.909. The lowest BCUT2D eigenvalue weighted by Gasteiger charge is -2.08. The van der Waals surface area contributed by atoms with Crippen molar-refractivity contribution in [2.75, 3.05) is 26.3 Å². The van der Waals surface area contributed by atoms with E-state index in [2.05, 4.69) is 5.32 Å². The van der Waals surface area contributed by atoms with E-state index in [1.807, 2.05) is 4.90 Å². The number of primary amides is 1. The minimum atomic E-state index is -0.251. The lowest BCUT2D eigenvalue weighted by molar-refractivity contribution is -0.118. The van der Waals surface area contributed by atoms with E-state index in [4.69, 9.17) is 5.73 Å². The Morgan fingerprint density at radius 3 is 3.00 bits per heavy atom. The minimum Gasteiger partial charge on any atom is -0.369 e. The zero-order valence-electron chi connectivity index (χ0n) is 5.26. The molecule has 0 radical (unpaired) electrons. The second kappa shape index (κ2) is 2.80. The maximum atomic E-state index is 10.3. The highest BCUT2D eigenvalue weighted by molar-refractivity contribution is 5.75. The van der Waals surface area contributed by atoms with Gasteiger partial charge in [-0.3, -0.25) is 9.69 Å². The molecule has 1 rings (SSSR count). The molecule has 0 aromatic rings. The molecule has 4 nitrogen and oxygen atoms in total. The van der Waals surface area contributed by atoms with Gasteiger partial charge in [-0.2, -0.15) is 0 Å². The third-order valence-corrected chi connectivity index (χ3v) is 1.32. The van der Waals surface area contributed by atoms with Gasteiger partial charge >= 0.3 is 0 Å². The van der Waals surface area contributed by atoms with Gasteiger partial charge in [-0.05, 0) is 0 Å². The predicted molar refractivity (Wildman–Crippen MR) is 33.6 cm³/mol. The number of rotatable bonds is 2. The summed E-state index contributed by atoms with van der Waals surface area (Å²) >= 11 is 0. The highest BCUT2D eigenvalue weighted by atomic mass is 16.1. The standard InChI is InChI=1S/C5H11N3O/c6-5(9)3-8-2-1-7-4-8/h7H,1-4H2,(H2,6,9). The van der Waals surface area contributed by atoms with Crippen LogP contribution in [0.1, 0.15) is 0 Å². The predicted octanol–water partition coefficient (Wildman–Crippen LogP) is -1.67. The molecule has 0 unspecified atom stereocenters. The van der Waals surface area contributed by atoms with Crippen molar-refractivity contribution in [3.05, 3.63) is 0 Å². The van der Waals surface area contributed by atoms with Crippen molar-refractivity contribution in [1.29, 1.82) is 0 Å². The highest BCUT2D eigenvalue weighted by Gasteiger charge is 2.11. The summed E-state index contributed by atoms with van der Waals surface area (Å²) in [6.45, 7) is 3.08. The second-order valence-electron chi connectivity index (χ2n) is 2.18. The zero-order chi connectivity index (χ0) is 6.69. The van der Waals surface area contributed by atoms with Crippen LogP contribution in [0.3, 0.4) is 0 Å². The quantitative estimate of drug-likeness (QED) is 0.469. The van der Waals surface area contributed by atoms with E-state index in [0.29, 0.717) is 6.54 Å². The van der Waals surface area contributed by atoms with E-state index in [-0.39, 0.29) is 5.91 Å². The zero-order valence-corrected chi connectivity index (χ0v) is 5.26. The molecule has 0 aromatic carbocycles. The van der Waals surface area contributed by atoms with Crippen LogP contribution >= 0.6 is 0 Å². The number of nitrogens with two attached hydrogens (primary N) is 1. The van der Waals surface area contributed by atoms with Crippen LogP contribution in [0.5, 0.6) is 0 Å². The van der Waals surface area contributed by atoms with Gasteiger partial charge in [-0.1, -0.05) is 0 Å². The molecule has 52 valence electrons. The first kappa shape index (κ1) is 6.51. The molecule has 0 bridgehead atoms. The topological polar surface area (TPSA) is 58.4 Å². The molecule has 9 heavy (non-hydrogen) atoms. The highest BCUT2D eigenvalue weighted by Crippen LogP contribution is 1.89. The first-order valence-electron chi connectivity index (χ1n) is 3.00. The Labute approximate surface area is 54.0 Å². The van der Waals surface area contributed by atoms with Crippen LogP contribution in [0.4, 0.5) is 0 Å². The molecule has 0 aliphatic carbocycles. The van der Waals surface area contributed by atoms with Gasteiger partial charge in [0.1, 0.15) is 0 Å². The average Bonchev–Trinajstić information content (AvgIpc) is 2.15. The van der Waals surface area contributed by atoms with E-state index in [1.54, 1.807) is 0 Å². The Morgan fingerprint density at radius 2 is 2.56 bits per heavy atom. The molecule has 0 spiro atoms. The number of carbonyl (C=O) groups excluding carboxylic acids is 1. The van der Waals surface area contributed by atoms with Crippen LogP contribution in [-0.2, 0) is 4.79 Å². The molecule has 0 saturated carbocycles. The Hall–Kier alpha value is -0.610. The smallest absolute Gasteiger partial charge is 0.231 e. The van der Waals surface area contributed by atoms with Crippen molar-refractivity contribution in [3.8, 4) is 0 Å². The summed E-state index contributed by atoms with van der Waals surface area (Å²) in [5.74, 6) is -0.251. The lowest BCUT2D eigenvalue weighted by atomic mass is 10.5. The van der Waals surface area contributed by atoms with Crippen LogP contribution in [0, 0.1) is 0 Å². The Kier molecular flexibility index (Phi) is 2.02. The second-order valence-corrected chi connectivity index (χ2v) is 2.18. The van der Waals surface area contributed by atoms with E-state index >= 15 is 0 Å². The SMILES string of the molecule is NC(=O)CN1CCNC1. The van der Waals surface area contributed by atoms with Crippen LogP contribution in [0.25, 0.3) is 0 Å². The van der Waals surface area contributed by atoms with Crippen molar-refractivity contribution in [2.24, 2.45) is 5.73 Å². The fraction of sp³-hybridized carbons (Fsp3) is 0.800. The molecule has 0 aromatic heterocycles. The van der Waals surface area contributed by atoms with Gasteiger partial charge < -0.3 is 11.1 Å². The summed E-state index contributed by atoms with van der Waals surface area (Å²) < 4.78 is 0. The number of nitrogens with zero attached hydrogens (tertiary/aromatic N) is 1. The fourth-order valence-electron chi connectivity index (χ4n) is 0.909. The van der Waals surface area contributed by atoms with Crippen LogP contribution in [0.15, 0.2) is 0 Å². The molecule has 0 atom stereocenters. The van der Waals surface area contributed by atoms with Gasteiger partial charge in [-0.15, -0.1) is 0 Å². The maximum Gasteiger partial charge on any atom is 0.231 e. The first-order valence-corrected chi connectivity index (χ1v) is 3.00. The third kappa shape index (κ3) is 1.99. The lowest BCUT2D eigenvalue weighted by Crippen LogP contribution is -2.32. The molecule has 1 heterocycles. The molecule has 1 amide bonds. The summed E-state index contributed by atoms with van der Waals surface area (Å²) in [5.41, 5.74) is 4.96. The van der Waals surface area contributed by atoms with Crippen LogP contribution in [-0.4, -0.2) is 37.1 Å². The summed E-state index contributed by atoms with van der Waals surface area (Å²) in [7, 11) is 0. The number of carbonyl (C=O) groups is 1. The van der Waals surface area contributed by atoms with E-state index in [1.165, 1.54) is 0 Å². The van der Waals surface area contributed by atoms with Crippen LogP contribution < -0.4 is 11.1 Å². The first-order chi connectivity index (χ1) is 4.29. The molecule has 4 heteroatoms. The van der Waals surface area contributed by atoms with Gasteiger partial charge in [0.25, 0.3) is 0 Å². The van der Waals surface area contributed by atoms with Crippen molar-refractivity contribution in [2.45, 2.75) is 0 Å². The maximum absolute atomic E-state index is 10.3. The minimum absolute atomic E-state index is 0.251. The summed E-state index contributed by atoms with van der Waals surface area (Å²) in [5, 5.41) is 3.10. The Morgan fingerprint density at radius 1 is 1.78 bits per heavy atom. The molecular formula is C5H11N3O. The summed E-state index contributed by atoms with van der Waals surface area (Å²) in [6.07, 6.45) is 0. The van der Waals surface area contributed by atoms with Gasteiger partial charge in [0.15, 0.2) is 0 Å². The van der Waals surface area contributed by atoms with Crippen molar-refractivity contribution in [3.63, 3.8) is 0 Å². The molecule has 1 aliphatic rings. The molecule has 1 saturated heterocycles. The monoisotopic (exact) mass is 129 g/mol. The van der Waals surface area contributed by atoms with Crippen molar-refractivity contribution < 1.29 is 4.79 Å². The Bertz CT molecular complexity index is 109. The average molecular weight is 129 g/mol. The normalized spacial score (nSPS) is 20.4. The summed E-state index contributed by atoms with van der Waals surface area (Å²) in [6, 6.07) is 0. The number of amides is 1. The number of hydrogen-bond acceptors (Lipinski definition) is 3. The van der Waals surface area contributed by atoms with Gasteiger partial charge in [0.2, 0.25) is 5.91 Å². The van der Waals surface area contributed by atoms with E-state index < -0.39 is 0 Å². The van der Waals surface area contributed by atoms with Crippen LogP contribution in [0.2, 0.25) is 0 Å².